The number of hydrogen-bond donors (Lipinski definition) is 0. The Morgan fingerprint density at radius 1 is 1.21 bits per heavy atom. The number of rotatable bonds is 2. The Morgan fingerprint density at radius 2 is 1.84 bits per heavy atom. The van der Waals surface area contributed by atoms with Gasteiger partial charge in [-0.2, -0.15) is 4.31 Å². The summed E-state index contributed by atoms with van der Waals surface area (Å²) in [6.45, 7) is 1.28. The number of carbonyl (C=O) groups is 1. The van der Waals surface area contributed by atoms with Gasteiger partial charge in [0, 0.05) is 26.2 Å². The highest BCUT2D eigenvalue weighted by atomic mass is 35.5. The Labute approximate surface area is 116 Å². The molecule has 0 unspecified atom stereocenters. The van der Waals surface area contributed by atoms with Gasteiger partial charge in [0.1, 0.15) is 0 Å². The van der Waals surface area contributed by atoms with Gasteiger partial charge in [-0.15, -0.1) is 10.2 Å². The van der Waals surface area contributed by atoms with Gasteiger partial charge in [-0.05, 0) is 12.1 Å². The quantitative estimate of drug-likeness (QED) is 0.758. The van der Waals surface area contributed by atoms with Gasteiger partial charge >= 0.3 is 0 Å². The summed E-state index contributed by atoms with van der Waals surface area (Å²) in [5.74, 6) is -0.266. The summed E-state index contributed by atoms with van der Waals surface area (Å²) in [6.07, 6.45) is 1.16. The van der Waals surface area contributed by atoms with Crippen molar-refractivity contribution in [3.8, 4) is 0 Å². The first-order valence-electron chi connectivity index (χ1n) is 5.61. The van der Waals surface area contributed by atoms with E-state index in [4.69, 9.17) is 11.6 Å². The summed E-state index contributed by atoms with van der Waals surface area (Å²) in [6, 6.07) is 3.00. The van der Waals surface area contributed by atoms with Gasteiger partial charge in [-0.1, -0.05) is 11.6 Å². The zero-order valence-corrected chi connectivity index (χ0v) is 11.9. The topological polar surface area (TPSA) is 83.5 Å². The average Bonchev–Trinajstić information content (AvgIpc) is 2.38. The van der Waals surface area contributed by atoms with Crippen molar-refractivity contribution in [2.75, 3.05) is 32.4 Å². The molecule has 1 fully saturated rings. The Bertz CT molecular complexity index is 567. The zero-order chi connectivity index (χ0) is 14.0. The van der Waals surface area contributed by atoms with Gasteiger partial charge in [0.25, 0.3) is 5.91 Å². The molecule has 0 aliphatic carbocycles. The number of piperazine rings is 1. The molecule has 1 aliphatic heterocycles. The Hall–Kier alpha value is -1.25. The van der Waals surface area contributed by atoms with Crippen molar-refractivity contribution in [3.63, 3.8) is 0 Å². The van der Waals surface area contributed by atoms with Crippen LogP contribution in [-0.2, 0) is 10.0 Å². The van der Waals surface area contributed by atoms with Gasteiger partial charge in [-0.25, -0.2) is 8.42 Å². The van der Waals surface area contributed by atoms with E-state index in [-0.39, 0.29) is 16.8 Å². The number of halogens is 1. The van der Waals surface area contributed by atoms with E-state index >= 15 is 0 Å². The number of aromatic nitrogens is 2. The fourth-order valence-corrected chi connectivity index (χ4v) is 2.74. The Morgan fingerprint density at radius 3 is 2.32 bits per heavy atom. The molecule has 1 saturated heterocycles. The molecule has 0 aromatic carbocycles. The standard InChI is InChI=1S/C10H13ClN4O3S/c1-19(17,18)15-6-4-14(5-7-15)10(16)8-2-3-9(11)13-12-8/h2-3H,4-7H2,1H3. The summed E-state index contributed by atoms with van der Waals surface area (Å²) in [7, 11) is -3.20. The van der Waals surface area contributed by atoms with Crippen LogP contribution in [-0.4, -0.2) is 66.2 Å². The number of hydrogen-bond acceptors (Lipinski definition) is 5. The van der Waals surface area contributed by atoms with Crippen molar-refractivity contribution in [1.29, 1.82) is 0 Å². The minimum Gasteiger partial charge on any atom is -0.335 e. The first kappa shape index (κ1) is 14.2. The second-order valence-electron chi connectivity index (χ2n) is 4.20. The second kappa shape index (κ2) is 5.40. The van der Waals surface area contributed by atoms with Crippen LogP contribution in [0, 0.1) is 0 Å². The van der Waals surface area contributed by atoms with Crippen LogP contribution in [0.25, 0.3) is 0 Å². The van der Waals surface area contributed by atoms with Crippen LogP contribution in [0.3, 0.4) is 0 Å². The van der Waals surface area contributed by atoms with Crippen LogP contribution in [0.5, 0.6) is 0 Å². The summed E-state index contributed by atoms with van der Waals surface area (Å²) >= 11 is 5.60. The lowest BCUT2D eigenvalue weighted by Gasteiger charge is -2.32. The lowest BCUT2D eigenvalue weighted by atomic mass is 10.3. The number of carbonyl (C=O) groups excluding carboxylic acids is 1. The van der Waals surface area contributed by atoms with Crippen molar-refractivity contribution in [2.24, 2.45) is 0 Å². The van der Waals surface area contributed by atoms with Gasteiger partial charge in [0.2, 0.25) is 10.0 Å². The number of amides is 1. The van der Waals surface area contributed by atoms with Crippen molar-refractivity contribution in [2.45, 2.75) is 0 Å². The molecule has 0 spiro atoms. The highest BCUT2D eigenvalue weighted by Gasteiger charge is 2.27. The molecule has 2 rings (SSSR count). The molecule has 0 radical (unpaired) electrons. The van der Waals surface area contributed by atoms with E-state index in [0.29, 0.717) is 26.2 Å². The van der Waals surface area contributed by atoms with Crippen LogP contribution >= 0.6 is 11.6 Å². The van der Waals surface area contributed by atoms with E-state index in [1.54, 1.807) is 4.90 Å². The highest BCUT2D eigenvalue weighted by Crippen LogP contribution is 2.10. The summed E-state index contributed by atoms with van der Waals surface area (Å²) < 4.78 is 24.1. The third-order valence-corrected chi connectivity index (χ3v) is 4.35. The van der Waals surface area contributed by atoms with Crippen LogP contribution in [0.15, 0.2) is 12.1 Å². The fourth-order valence-electron chi connectivity index (χ4n) is 1.81. The molecule has 0 N–H and O–H groups in total. The lowest BCUT2D eigenvalue weighted by molar-refractivity contribution is 0.0691. The van der Waals surface area contributed by atoms with E-state index in [2.05, 4.69) is 10.2 Å². The molecule has 1 amide bonds. The van der Waals surface area contributed by atoms with Crippen molar-refractivity contribution >= 4 is 27.5 Å². The molecule has 104 valence electrons. The molecular formula is C10H13ClN4O3S. The second-order valence-corrected chi connectivity index (χ2v) is 6.57. The maximum absolute atomic E-state index is 12.1. The molecule has 0 atom stereocenters. The monoisotopic (exact) mass is 304 g/mol. The molecule has 9 heteroatoms. The molecule has 7 nitrogen and oxygen atoms in total. The molecule has 2 heterocycles. The Balaban J connectivity index is 2.02. The predicted molar refractivity (Wildman–Crippen MR) is 69.4 cm³/mol. The van der Waals surface area contributed by atoms with E-state index in [9.17, 15) is 13.2 Å². The van der Waals surface area contributed by atoms with E-state index < -0.39 is 10.0 Å². The smallest absolute Gasteiger partial charge is 0.274 e. The van der Waals surface area contributed by atoms with Gasteiger partial charge in [-0.3, -0.25) is 4.79 Å². The fraction of sp³-hybridized carbons (Fsp3) is 0.500. The molecule has 1 aromatic heterocycles. The normalized spacial score (nSPS) is 17.5. The summed E-state index contributed by atoms with van der Waals surface area (Å²) in [5.41, 5.74) is 0.206. The first-order chi connectivity index (χ1) is 8.88. The molecule has 0 bridgehead atoms. The zero-order valence-electron chi connectivity index (χ0n) is 10.3. The number of sulfonamides is 1. The Kier molecular flexibility index (Phi) is 4.02. The first-order valence-corrected chi connectivity index (χ1v) is 7.84. The van der Waals surface area contributed by atoms with Crippen molar-refractivity contribution in [1.82, 2.24) is 19.4 Å². The minimum atomic E-state index is -3.20. The van der Waals surface area contributed by atoms with Gasteiger partial charge in [0.05, 0.1) is 6.26 Å². The maximum atomic E-state index is 12.1. The summed E-state index contributed by atoms with van der Waals surface area (Å²) in [4.78, 5) is 13.6. The third kappa shape index (κ3) is 3.40. The van der Waals surface area contributed by atoms with Crippen LogP contribution in [0.2, 0.25) is 5.15 Å². The van der Waals surface area contributed by atoms with Crippen LogP contribution in [0.4, 0.5) is 0 Å². The number of nitrogens with zero attached hydrogens (tertiary/aromatic N) is 4. The van der Waals surface area contributed by atoms with Crippen LogP contribution < -0.4 is 0 Å². The largest absolute Gasteiger partial charge is 0.335 e. The van der Waals surface area contributed by atoms with Gasteiger partial charge < -0.3 is 4.90 Å². The third-order valence-electron chi connectivity index (χ3n) is 2.85. The van der Waals surface area contributed by atoms with E-state index in [0.717, 1.165) is 6.26 Å². The molecule has 1 aromatic rings. The van der Waals surface area contributed by atoms with Crippen LogP contribution in [0.1, 0.15) is 10.5 Å². The van der Waals surface area contributed by atoms with E-state index in [1.165, 1.54) is 16.4 Å². The summed E-state index contributed by atoms with van der Waals surface area (Å²) in [5, 5.41) is 7.55. The van der Waals surface area contributed by atoms with E-state index in [1.807, 2.05) is 0 Å². The predicted octanol–water partition coefficient (Wildman–Crippen LogP) is -0.153. The van der Waals surface area contributed by atoms with Crippen molar-refractivity contribution in [3.05, 3.63) is 23.0 Å². The minimum absolute atomic E-state index is 0.206. The molecule has 1 aliphatic rings. The molecule has 19 heavy (non-hydrogen) atoms. The SMILES string of the molecule is CS(=O)(=O)N1CCN(C(=O)c2ccc(Cl)nn2)CC1. The lowest BCUT2D eigenvalue weighted by Crippen LogP contribution is -2.50. The van der Waals surface area contributed by atoms with Gasteiger partial charge in [0.15, 0.2) is 10.8 Å². The average molecular weight is 305 g/mol. The maximum Gasteiger partial charge on any atom is 0.274 e. The van der Waals surface area contributed by atoms with Crippen molar-refractivity contribution < 1.29 is 13.2 Å². The molecule has 0 saturated carbocycles. The highest BCUT2D eigenvalue weighted by molar-refractivity contribution is 7.88. The molecular weight excluding hydrogens is 292 g/mol.